The number of nitrogens with one attached hydrogen (secondary N) is 1. The molecule has 0 bridgehead atoms. The highest BCUT2D eigenvalue weighted by Crippen LogP contribution is 2.27. The normalized spacial score (nSPS) is 10.6. The Morgan fingerprint density at radius 2 is 2.05 bits per heavy atom. The minimum atomic E-state index is -0.429. The van der Waals surface area contributed by atoms with E-state index in [1.807, 2.05) is 0 Å². The molecule has 0 fully saturated rings. The Labute approximate surface area is 122 Å². The average Bonchev–Trinajstić information content (AvgIpc) is 2.48. The van der Waals surface area contributed by atoms with Crippen molar-refractivity contribution in [2.45, 2.75) is 19.9 Å². The molecule has 0 aliphatic heterocycles. The number of nitro groups is 1. The molecular weight excluding hydrogens is 271 g/mol. The summed E-state index contributed by atoms with van der Waals surface area (Å²) in [7, 11) is 0. The molecule has 0 atom stereocenters. The third-order valence-electron chi connectivity index (χ3n) is 3.18. The van der Waals surface area contributed by atoms with Crippen LogP contribution in [0.5, 0.6) is 0 Å². The van der Waals surface area contributed by atoms with Crippen LogP contribution >= 0.6 is 0 Å². The van der Waals surface area contributed by atoms with Crippen molar-refractivity contribution in [3.8, 4) is 11.1 Å². The molecule has 0 radical (unpaired) electrons. The summed E-state index contributed by atoms with van der Waals surface area (Å²) in [5, 5.41) is 14.1. The molecule has 2 aromatic carbocycles. The molecule has 0 aliphatic carbocycles. The van der Waals surface area contributed by atoms with Crippen molar-refractivity contribution in [3.05, 3.63) is 64.0 Å². The highest BCUT2D eigenvalue weighted by Gasteiger charge is 2.11. The Morgan fingerprint density at radius 3 is 2.76 bits per heavy atom. The number of non-ortho nitro benzene ring substituents is 1. The van der Waals surface area contributed by atoms with Crippen LogP contribution in [0.2, 0.25) is 0 Å². The molecule has 2 rings (SSSR count). The van der Waals surface area contributed by atoms with Gasteiger partial charge in [-0.05, 0) is 41.8 Å². The van der Waals surface area contributed by atoms with E-state index < -0.39 is 4.92 Å². The summed E-state index contributed by atoms with van der Waals surface area (Å²) < 4.78 is 13.4. The molecule has 0 saturated heterocycles. The van der Waals surface area contributed by atoms with Crippen molar-refractivity contribution < 1.29 is 9.31 Å². The van der Waals surface area contributed by atoms with E-state index in [-0.39, 0.29) is 11.5 Å². The van der Waals surface area contributed by atoms with Crippen LogP contribution in [0.25, 0.3) is 11.1 Å². The van der Waals surface area contributed by atoms with Crippen molar-refractivity contribution in [2.24, 2.45) is 0 Å². The summed E-state index contributed by atoms with van der Waals surface area (Å²) in [6.45, 7) is 3.43. The zero-order chi connectivity index (χ0) is 15.2. The summed E-state index contributed by atoms with van der Waals surface area (Å²) in [5.41, 5.74) is 2.36. The SMILES string of the molecule is CCCNCc1cc(F)ccc1-c1cccc([N+](=O)[O-])c1. The van der Waals surface area contributed by atoms with Crippen molar-refractivity contribution in [1.29, 1.82) is 0 Å². The first-order valence-electron chi connectivity index (χ1n) is 6.85. The maximum absolute atomic E-state index is 13.4. The lowest BCUT2D eigenvalue weighted by Gasteiger charge is -2.11. The molecule has 0 amide bonds. The van der Waals surface area contributed by atoms with E-state index in [0.717, 1.165) is 29.7 Å². The number of hydrogen-bond donors (Lipinski definition) is 1. The first kappa shape index (κ1) is 15.1. The quantitative estimate of drug-likeness (QED) is 0.498. The molecule has 2 aromatic rings. The van der Waals surface area contributed by atoms with Crippen LogP contribution in [-0.2, 0) is 6.54 Å². The van der Waals surface area contributed by atoms with E-state index in [1.165, 1.54) is 24.3 Å². The van der Waals surface area contributed by atoms with E-state index in [1.54, 1.807) is 18.2 Å². The predicted molar refractivity (Wildman–Crippen MR) is 80.5 cm³/mol. The molecule has 0 saturated carbocycles. The summed E-state index contributed by atoms with van der Waals surface area (Å²) in [6.07, 6.45) is 0.988. The summed E-state index contributed by atoms with van der Waals surface area (Å²) in [6, 6.07) is 10.9. The van der Waals surface area contributed by atoms with E-state index in [0.29, 0.717) is 6.54 Å². The number of hydrogen-bond acceptors (Lipinski definition) is 3. The van der Waals surface area contributed by atoms with Gasteiger partial charge in [0.25, 0.3) is 5.69 Å². The Balaban J connectivity index is 2.38. The molecule has 0 spiro atoms. The molecule has 4 nitrogen and oxygen atoms in total. The van der Waals surface area contributed by atoms with Crippen molar-refractivity contribution >= 4 is 5.69 Å². The second-order valence-electron chi connectivity index (χ2n) is 4.79. The van der Waals surface area contributed by atoms with Gasteiger partial charge in [0.05, 0.1) is 4.92 Å². The summed E-state index contributed by atoms with van der Waals surface area (Å²) in [5.74, 6) is -0.308. The lowest BCUT2D eigenvalue weighted by atomic mass is 9.99. The van der Waals surface area contributed by atoms with Crippen LogP contribution in [0, 0.1) is 15.9 Å². The van der Waals surface area contributed by atoms with Crippen LogP contribution in [0.4, 0.5) is 10.1 Å². The molecule has 0 aliphatic rings. The molecule has 0 heterocycles. The fraction of sp³-hybridized carbons (Fsp3) is 0.250. The van der Waals surface area contributed by atoms with Crippen molar-refractivity contribution in [3.63, 3.8) is 0 Å². The highest BCUT2D eigenvalue weighted by atomic mass is 19.1. The van der Waals surface area contributed by atoms with Crippen LogP contribution < -0.4 is 5.32 Å². The third-order valence-corrected chi connectivity index (χ3v) is 3.18. The Bertz CT molecular complexity index is 644. The second-order valence-corrected chi connectivity index (χ2v) is 4.79. The minimum absolute atomic E-state index is 0.0318. The molecule has 0 aromatic heterocycles. The van der Waals surface area contributed by atoms with Gasteiger partial charge in [-0.1, -0.05) is 25.1 Å². The zero-order valence-electron chi connectivity index (χ0n) is 11.8. The number of nitrogens with zero attached hydrogens (tertiary/aromatic N) is 1. The van der Waals surface area contributed by atoms with E-state index in [2.05, 4.69) is 12.2 Å². The molecule has 0 unspecified atom stereocenters. The maximum atomic E-state index is 13.4. The largest absolute Gasteiger partial charge is 0.313 e. The fourth-order valence-corrected chi connectivity index (χ4v) is 2.18. The zero-order valence-corrected chi connectivity index (χ0v) is 11.8. The van der Waals surface area contributed by atoms with Gasteiger partial charge in [0.15, 0.2) is 0 Å². The van der Waals surface area contributed by atoms with Crippen LogP contribution in [0.1, 0.15) is 18.9 Å². The Hall–Kier alpha value is -2.27. The lowest BCUT2D eigenvalue weighted by molar-refractivity contribution is -0.384. The van der Waals surface area contributed by atoms with Gasteiger partial charge in [-0.15, -0.1) is 0 Å². The standard InChI is InChI=1S/C16H17FN2O2/c1-2-8-18-11-13-9-14(17)6-7-16(13)12-4-3-5-15(10-12)19(20)21/h3-7,9-10,18H,2,8,11H2,1H3. The minimum Gasteiger partial charge on any atom is -0.313 e. The third kappa shape index (κ3) is 3.86. The van der Waals surface area contributed by atoms with E-state index in [4.69, 9.17) is 0 Å². The van der Waals surface area contributed by atoms with Crippen LogP contribution in [-0.4, -0.2) is 11.5 Å². The van der Waals surface area contributed by atoms with Gasteiger partial charge in [-0.3, -0.25) is 10.1 Å². The molecule has 110 valence electrons. The van der Waals surface area contributed by atoms with Gasteiger partial charge in [-0.2, -0.15) is 0 Å². The monoisotopic (exact) mass is 288 g/mol. The molecule has 5 heteroatoms. The molecule has 21 heavy (non-hydrogen) atoms. The first-order valence-corrected chi connectivity index (χ1v) is 6.85. The van der Waals surface area contributed by atoms with Gasteiger partial charge in [0.1, 0.15) is 5.82 Å². The van der Waals surface area contributed by atoms with E-state index >= 15 is 0 Å². The molecular formula is C16H17FN2O2. The average molecular weight is 288 g/mol. The lowest BCUT2D eigenvalue weighted by Crippen LogP contribution is -2.14. The van der Waals surface area contributed by atoms with Gasteiger partial charge >= 0.3 is 0 Å². The number of rotatable bonds is 6. The Morgan fingerprint density at radius 1 is 1.24 bits per heavy atom. The first-order chi connectivity index (χ1) is 10.1. The predicted octanol–water partition coefficient (Wildman–Crippen LogP) is 3.90. The van der Waals surface area contributed by atoms with Crippen molar-refractivity contribution in [1.82, 2.24) is 5.32 Å². The highest BCUT2D eigenvalue weighted by molar-refractivity contribution is 5.69. The summed E-state index contributed by atoms with van der Waals surface area (Å²) in [4.78, 5) is 10.4. The van der Waals surface area contributed by atoms with Crippen LogP contribution in [0.15, 0.2) is 42.5 Å². The Kier molecular flexibility index (Phi) is 5.00. The molecule has 1 N–H and O–H groups in total. The smallest absolute Gasteiger partial charge is 0.270 e. The van der Waals surface area contributed by atoms with E-state index in [9.17, 15) is 14.5 Å². The number of benzene rings is 2. The topological polar surface area (TPSA) is 55.2 Å². The maximum Gasteiger partial charge on any atom is 0.270 e. The van der Waals surface area contributed by atoms with Gasteiger partial charge in [-0.25, -0.2) is 4.39 Å². The summed E-state index contributed by atoms with van der Waals surface area (Å²) >= 11 is 0. The number of halogens is 1. The van der Waals surface area contributed by atoms with Gasteiger partial charge < -0.3 is 5.32 Å². The van der Waals surface area contributed by atoms with Crippen molar-refractivity contribution in [2.75, 3.05) is 6.54 Å². The van der Waals surface area contributed by atoms with Gasteiger partial charge in [0.2, 0.25) is 0 Å². The second kappa shape index (κ2) is 6.95. The van der Waals surface area contributed by atoms with Gasteiger partial charge in [0, 0.05) is 18.7 Å². The number of nitro benzene ring substituents is 1. The van der Waals surface area contributed by atoms with Crippen LogP contribution in [0.3, 0.4) is 0 Å². The fourth-order valence-electron chi connectivity index (χ4n) is 2.18.